The topological polar surface area (TPSA) is 23.5 Å². The molecule has 0 spiro atoms. The molecule has 18 heavy (non-hydrogen) atoms. The van der Waals surface area contributed by atoms with E-state index in [1.807, 2.05) is 6.08 Å². The molecule has 2 nitrogen and oxygen atoms in total. The van der Waals surface area contributed by atoms with Gasteiger partial charge in [0.25, 0.3) is 0 Å². The van der Waals surface area contributed by atoms with E-state index in [9.17, 15) is 0 Å². The first-order valence-corrected chi connectivity index (χ1v) is 7.95. The number of allylic oxidation sites excluding steroid dienone is 1. The number of rotatable bonds is 11. The molecule has 0 amide bonds. The lowest BCUT2D eigenvalue weighted by molar-refractivity contribution is 0.327. The molecule has 0 aromatic rings. The van der Waals surface area contributed by atoms with E-state index >= 15 is 0 Å². The number of aliphatic hydroxyl groups excluding tert-OH is 1. The summed E-state index contributed by atoms with van der Waals surface area (Å²) in [5.74, 6) is 0. The summed E-state index contributed by atoms with van der Waals surface area (Å²) in [6, 6.07) is 0. The van der Waals surface area contributed by atoms with E-state index in [2.05, 4.69) is 4.90 Å². The van der Waals surface area contributed by atoms with E-state index in [1.54, 1.807) is 0 Å². The zero-order chi connectivity index (χ0) is 12.9. The maximum absolute atomic E-state index is 8.48. The highest BCUT2D eigenvalue weighted by atomic mass is 16.2. The number of hydrogen-bond donors (Lipinski definition) is 1. The van der Waals surface area contributed by atoms with E-state index in [0.29, 0.717) is 0 Å². The minimum Gasteiger partial charge on any atom is -0.516 e. The fraction of sp³-hybridized carbons (Fsp3) is 0.875. The van der Waals surface area contributed by atoms with Gasteiger partial charge in [-0.3, -0.25) is 0 Å². The van der Waals surface area contributed by atoms with Crippen LogP contribution in [0.15, 0.2) is 12.3 Å². The highest BCUT2D eigenvalue weighted by molar-refractivity contribution is 4.70. The van der Waals surface area contributed by atoms with Gasteiger partial charge in [0.15, 0.2) is 0 Å². The van der Waals surface area contributed by atoms with Crippen molar-refractivity contribution in [2.24, 2.45) is 0 Å². The lowest BCUT2D eigenvalue weighted by atomic mass is 10.1. The van der Waals surface area contributed by atoms with Crippen molar-refractivity contribution in [3.63, 3.8) is 0 Å². The normalized spacial score (nSPS) is 16.9. The van der Waals surface area contributed by atoms with E-state index in [0.717, 1.165) is 6.42 Å². The second-order valence-corrected chi connectivity index (χ2v) is 5.55. The van der Waals surface area contributed by atoms with Crippen LogP contribution in [0.5, 0.6) is 0 Å². The van der Waals surface area contributed by atoms with Crippen molar-refractivity contribution in [3.05, 3.63) is 12.3 Å². The zero-order valence-electron chi connectivity index (χ0n) is 11.9. The molecule has 1 fully saturated rings. The summed E-state index contributed by atoms with van der Waals surface area (Å²) in [7, 11) is 0. The third kappa shape index (κ3) is 8.57. The average Bonchev–Trinajstić information content (AvgIpc) is 2.89. The molecule has 0 unspecified atom stereocenters. The molecule has 0 atom stereocenters. The van der Waals surface area contributed by atoms with Crippen LogP contribution in [0.3, 0.4) is 0 Å². The first-order valence-electron chi connectivity index (χ1n) is 7.95. The van der Waals surface area contributed by atoms with Crippen LogP contribution >= 0.6 is 0 Å². The maximum atomic E-state index is 8.48. The average molecular weight is 253 g/mol. The zero-order valence-corrected chi connectivity index (χ0v) is 11.9. The van der Waals surface area contributed by atoms with Gasteiger partial charge in [-0.25, -0.2) is 0 Å². The van der Waals surface area contributed by atoms with Crippen molar-refractivity contribution in [1.82, 2.24) is 4.90 Å². The van der Waals surface area contributed by atoms with Crippen molar-refractivity contribution in [2.75, 3.05) is 19.6 Å². The fourth-order valence-corrected chi connectivity index (χ4v) is 2.74. The SMILES string of the molecule is OC=CCCCCCCCCCCN1CCCC1. The second-order valence-electron chi connectivity index (χ2n) is 5.55. The molecule has 0 aliphatic carbocycles. The summed E-state index contributed by atoms with van der Waals surface area (Å²) in [6.07, 6.45) is 17.9. The Morgan fingerprint density at radius 3 is 1.94 bits per heavy atom. The Morgan fingerprint density at radius 1 is 0.778 bits per heavy atom. The quantitative estimate of drug-likeness (QED) is 0.427. The smallest absolute Gasteiger partial charge is 0.0751 e. The van der Waals surface area contributed by atoms with Gasteiger partial charge in [-0.15, -0.1) is 0 Å². The summed E-state index contributed by atoms with van der Waals surface area (Å²) in [5, 5.41) is 8.48. The van der Waals surface area contributed by atoms with Crippen LogP contribution in [0.25, 0.3) is 0 Å². The van der Waals surface area contributed by atoms with Gasteiger partial charge in [-0.05, 0) is 51.7 Å². The number of unbranched alkanes of at least 4 members (excludes halogenated alkanes) is 8. The highest BCUT2D eigenvalue weighted by Crippen LogP contribution is 2.12. The van der Waals surface area contributed by atoms with Crippen LogP contribution in [0.4, 0.5) is 0 Å². The lowest BCUT2D eigenvalue weighted by Gasteiger charge is -2.13. The summed E-state index contributed by atoms with van der Waals surface area (Å²) in [5.41, 5.74) is 0. The van der Waals surface area contributed by atoms with Gasteiger partial charge < -0.3 is 10.0 Å². The van der Waals surface area contributed by atoms with Crippen LogP contribution < -0.4 is 0 Å². The largest absolute Gasteiger partial charge is 0.516 e. The van der Waals surface area contributed by atoms with Gasteiger partial charge in [0.2, 0.25) is 0 Å². The Balaban J connectivity index is 1.70. The molecule has 1 aliphatic rings. The van der Waals surface area contributed by atoms with E-state index < -0.39 is 0 Å². The molecule has 1 heterocycles. The molecule has 2 heteroatoms. The van der Waals surface area contributed by atoms with Crippen molar-refractivity contribution in [1.29, 1.82) is 0 Å². The van der Waals surface area contributed by atoms with Gasteiger partial charge in [0, 0.05) is 0 Å². The number of aliphatic hydroxyl groups is 1. The Bertz CT molecular complexity index is 197. The minimum atomic E-state index is 1.03. The van der Waals surface area contributed by atoms with Crippen molar-refractivity contribution >= 4 is 0 Å². The van der Waals surface area contributed by atoms with E-state index in [-0.39, 0.29) is 0 Å². The first-order chi connectivity index (χ1) is 8.93. The van der Waals surface area contributed by atoms with Crippen LogP contribution in [-0.4, -0.2) is 29.6 Å². The number of nitrogens with zero attached hydrogens (tertiary/aromatic N) is 1. The third-order valence-corrected chi connectivity index (χ3v) is 3.90. The summed E-state index contributed by atoms with van der Waals surface area (Å²) >= 11 is 0. The monoisotopic (exact) mass is 253 g/mol. The standard InChI is InChI=1S/C16H31NO/c18-16-12-8-6-4-2-1-3-5-7-9-13-17-14-10-11-15-17/h12,16,18H,1-11,13-15H2. The van der Waals surface area contributed by atoms with E-state index in [1.165, 1.54) is 90.1 Å². The maximum Gasteiger partial charge on any atom is 0.0751 e. The predicted octanol–water partition coefficient (Wildman–Crippen LogP) is 4.66. The van der Waals surface area contributed by atoms with Crippen molar-refractivity contribution in [3.8, 4) is 0 Å². The molecule has 0 radical (unpaired) electrons. The van der Waals surface area contributed by atoms with Crippen LogP contribution in [-0.2, 0) is 0 Å². The molecule has 1 aliphatic heterocycles. The van der Waals surface area contributed by atoms with Gasteiger partial charge in [0.05, 0.1) is 6.26 Å². The Kier molecular flexibility index (Phi) is 10.0. The van der Waals surface area contributed by atoms with Gasteiger partial charge in [-0.1, -0.05) is 44.6 Å². The summed E-state index contributed by atoms with van der Waals surface area (Å²) in [4.78, 5) is 2.62. The van der Waals surface area contributed by atoms with Crippen molar-refractivity contribution in [2.45, 2.75) is 70.6 Å². The summed E-state index contributed by atoms with van der Waals surface area (Å²) < 4.78 is 0. The highest BCUT2D eigenvalue weighted by Gasteiger charge is 2.09. The van der Waals surface area contributed by atoms with Gasteiger partial charge in [0.1, 0.15) is 0 Å². The van der Waals surface area contributed by atoms with Crippen LogP contribution in [0.2, 0.25) is 0 Å². The first kappa shape index (κ1) is 15.6. The predicted molar refractivity (Wildman–Crippen MR) is 79.0 cm³/mol. The number of likely N-dealkylation sites (tertiary alicyclic amines) is 1. The van der Waals surface area contributed by atoms with Crippen LogP contribution in [0, 0.1) is 0 Å². The molecule has 1 rings (SSSR count). The van der Waals surface area contributed by atoms with E-state index in [4.69, 9.17) is 5.11 Å². The van der Waals surface area contributed by atoms with Crippen molar-refractivity contribution < 1.29 is 5.11 Å². The molecule has 0 aromatic carbocycles. The third-order valence-electron chi connectivity index (χ3n) is 3.90. The summed E-state index contributed by atoms with van der Waals surface area (Å²) in [6.45, 7) is 4.04. The van der Waals surface area contributed by atoms with Gasteiger partial charge in [-0.2, -0.15) is 0 Å². The molecule has 0 bridgehead atoms. The minimum absolute atomic E-state index is 1.03. The Morgan fingerprint density at radius 2 is 1.33 bits per heavy atom. The molecule has 1 saturated heterocycles. The molecule has 0 aromatic heterocycles. The Hall–Kier alpha value is -0.500. The molecule has 106 valence electrons. The Labute approximate surface area is 113 Å². The number of hydrogen-bond acceptors (Lipinski definition) is 2. The molecular formula is C16H31NO. The lowest BCUT2D eigenvalue weighted by Crippen LogP contribution is -2.20. The molecule has 0 saturated carbocycles. The van der Waals surface area contributed by atoms with Crippen LogP contribution in [0.1, 0.15) is 70.6 Å². The van der Waals surface area contributed by atoms with Gasteiger partial charge >= 0.3 is 0 Å². The molecular weight excluding hydrogens is 222 g/mol. The molecule has 1 N–H and O–H groups in total. The second kappa shape index (κ2) is 11.6. The fourth-order valence-electron chi connectivity index (χ4n) is 2.74.